The molecule has 3 nitrogen and oxygen atoms in total. The van der Waals surface area contributed by atoms with E-state index < -0.39 is 0 Å². The lowest BCUT2D eigenvalue weighted by Crippen LogP contribution is -1.99. The minimum Gasteiger partial charge on any atom is -0.492 e. The summed E-state index contributed by atoms with van der Waals surface area (Å²) < 4.78 is 5.58. The van der Waals surface area contributed by atoms with E-state index in [2.05, 4.69) is 11.9 Å². The van der Waals surface area contributed by atoms with Gasteiger partial charge in [0.15, 0.2) is 0 Å². The number of aromatic nitrogens is 1. The van der Waals surface area contributed by atoms with Crippen LogP contribution in [-0.2, 0) is 4.79 Å². The average Bonchev–Trinajstić information content (AvgIpc) is 2.39. The zero-order valence-corrected chi connectivity index (χ0v) is 10.7. The molecule has 0 aliphatic rings. The summed E-state index contributed by atoms with van der Waals surface area (Å²) in [5, 5.41) is 1.07. The summed E-state index contributed by atoms with van der Waals surface area (Å²) in [4.78, 5) is 15.0. The molecule has 0 spiro atoms. The number of nitrogens with zero attached hydrogens (tertiary/aromatic N) is 1. The monoisotopic (exact) mass is 243 g/mol. The number of benzene rings is 1. The summed E-state index contributed by atoms with van der Waals surface area (Å²) in [5.74, 6) is 1.00. The third-order valence-electron chi connectivity index (χ3n) is 3.05. The van der Waals surface area contributed by atoms with Crippen LogP contribution in [0.1, 0.15) is 31.7 Å². The van der Waals surface area contributed by atoms with Crippen LogP contribution < -0.4 is 4.74 Å². The lowest BCUT2D eigenvalue weighted by Gasteiger charge is -2.14. The molecule has 1 heterocycles. The number of fused-ring (bicyclic) bond motifs is 1. The Morgan fingerprint density at radius 1 is 1.39 bits per heavy atom. The Morgan fingerprint density at radius 3 is 2.94 bits per heavy atom. The van der Waals surface area contributed by atoms with Gasteiger partial charge in [-0.15, -0.1) is 0 Å². The van der Waals surface area contributed by atoms with Crippen LogP contribution in [0.25, 0.3) is 10.9 Å². The van der Waals surface area contributed by atoms with Crippen molar-refractivity contribution in [2.45, 2.75) is 26.2 Å². The van der Waals surface area contributed by atoms with E-state index in [1.807, 2.05) is 31.2 Å². The van der Waals surface area contributed by atoms with Crippen molar-refractivity contribution in [1.29, 1.82) is 0 Å². The van der Waals surface area contributed by atoms with Gasteiger partial charge in [0.2, 0.25) is 0 Å². The fourth-order valence-electron chi connectivity index (χ4n) is 2.14. The van der Waals surface area contributed by atoms with E-state index in [-0.39, 0.29) is 5.92 Å². The standard InChI is InChI=1S/C15H17NO2/c1-3-18-14-7-6-12(11(2)8-10-17)13-5-4-9-16-15(13)14/h4-7,9-11H,3,8H2,1-2H3. The van der Waals surface area contributed by atoms with E-state index in [0.29, 0.717) is 13.0 Å². The van der Waals surface area contributed by atoms with Gasteiger partial charge in [-0.3, -0.25) is 4.98 Å². The molecule has 1 aromatic heterocycles. The van der Waals surface area contributed by atoms with Gasteiger partial charge in [-0.1, -0.05) is 19.1 Å². The molecule has 18 heavy (non-hydrogen) atoms. The quantitative estimate of drug-likeness (QED) is 0.756. The Labute approximate surface area is 107 Å². The van der Waals surface area contributed by atoms with Crippen molar-refractivity contribution in [1.82, 2.24) is 4.98 Å². The van der Waals surface area contributed by atoms with E-state index in [9.17, 15) is 4.79 Å². The summed E-state index contributed by atoms with van der Waals surface area (Å²) in [5.41, 5.74) is 2.02. The first kappa shape index (κ1) is 12.6. The second kappa shape index (κ2) is 5.63. The number of ether oxygens (including phenoxy) is 1. The molecule has 0 aliphatic carbocycles. The molecule has 1 unspecified atom stereocenters. The molecule has 0 radical (unpaired) electrons. The summed E-state index contributed by atoms with van der Waals surface area (Å²) in [6, 6.07) is 7.91. The molecule has 0 N–H and O–H groups in total. The molecule has 0 saturated heterocycles. The number of hydrogen-bond donors (Lipinski definition) is 0. The highest BCUT2D eigenvalue weighted by Gasteiger charge is 2.12. The van der Waals surface area contributed by atoms with Crippen LogP contribution in [0, 0.1) is 0 Å². The molecule has 2 aromatic rings. The number of carbonyl (C=O) groups is 1. The lowest BCUT2D eigenvalue weighted by molar-refractivity contribution is -0.108. The maximum atomic E-state index is 10.7. The number of carbonyl (C=O) groups excluding carboxylic acids is 1. The maximum Gasteiger partial charge on any atom is 0.145 e. The highest BCUT2D eigenvalue weighted by Crippen LogP contribution is 2.31. The minimum absolute atomic E-state index is 0.199. The number of rotatable bonds is 5. The summed E-state index contributed by atoms with van der Waals surface area (Å²) in [6.45, 7) is 4.63. The molecule has 0 bridgehead atoms. The van der Waals surface area contributed by atoms with Crippen LogP contribution in [0.4, 0.5) is 0 Å². The predicted molar refractivity (Wildman–Crippen MR) is 72.0 cm³/mol. The Morgan fingerprint density at radius 2 is 2.22 bits per heavy atom. The molecule has 3 heteroatoms. The topological polar surface area (TPSA) is 39.2 Å². The van der Waals surface area contributed by atoms with Crippen LogP contribution in [0.15, 0.2) is 30.5 Å². The van der Waals surface area contributed by atoms with Gasteiger partial charge in [0.25, 0.3) is 0 Å². The Bertz CT molecular complexity index is 551. The molecular formula is C15H17NO2. The SMILES string of the molecule is CCOc1ccc(C(C)CC=O)c2cccnc12. The van der Waals surface area contributed by atoms with Crippen molar-refractivity contribution in [2.75, 3.05) is 6.61 Å². The molecule has 0 fully saturated rings. The van der Waals surface area contributed by atoms with Gasteiger partial charge in [-0.05, 0) is 30.5 Å². The van der Waals surface area contributed by atoms with Crippen LogP contribution in [-0.4, -0.2) is 17.9 Å². The van der Waals surface area contributed by atoms with Gasteiger partial charge in [0, 0.05) is 18.0 Å². The molecular weight excluding hydrogens is 226 g/mol. The van der Waals surface area contributed by atoms with Gasteiger partial charge in [-0.2, -0.15) is 0 Å². The highest BCUT2D eigenvalue weighted by atomic mass is 16.5. The first-order valence-electron chi connectivity index (χ1n) is 6.22. The molecule has 0 amide bonds. The summed E-state index contributed by atoms with van der Waals surface area (Å²) in [7, 11) is 0. The van der Waals surface area contributed by atoms with E-state index >= 15 is 0 Å². The second-order valence-corrected chi connectivity index (χ2v) is 4.29. The largest absolute Gasteiger partial charge is 0.492 e. The lowest BCUT2D eigenvalue weighted by atomic mass is 9.94. The van der Waals surface area contributed by atoms with Gasteiger partial charge in [-0.25, -0.2) is 0 Å². The molecule has 1 atom stereocenters. The van der Waals surface area contributed by atoms with Crippen molar-refractivity contribution in [2.24, 2.45) is 0 Å². The Kier molecular flexibility index (Phi) is 3.92. The van der Waals surface area contributed by atoms with Crippen molar-refractivity contribution in [3.63, 3.8) is 0 Å². The van der Waals surface area contributed by atoms with Crippen molar-refractivity contribution in [3.8, 4) is 5.75 Å². The van der Waals surface area contributed by atoms with Gasteiger partial charge in [0.1, 0.15) is 17.6 Å². The first-order chi connectivity index (χ1) is 8.77. The van der Waals surface area contributed by atoms with E-state index in [1.165, 1.54) is 0 Å². The normalized spacial score (nSPS) is 12.3. The smallest absolute Gasteiger partial charge is 0.145 e. The number of aldehydes is 1. The predicted octanol–water partition coefficient (Wildman–Crippen LogP) is 3.33. The summed E-state index contributed by atoms with van der Waals surface area (Å²) >= 11 is 0. The second-order valence-electron chi connectivity index (χ2n) is 4.29. The fraction of sp³-hybridized carbons (Fsp3) is 0.333. The van der Waals surface area contributed by atoms with Crippen LogP contribution >= 0.6 is 0 Å². The van der Waals surface area contributed by atoms with E-state index in [4.69, 9.17) is 4.74 Å². The number of hydrogen-bond acceptors (Lipinski definition) is 3. The fourth-order valence-corrected chi connectivity index (χ4v) is 2.14. The Hall–Kier alpha value is -1.90. The zero-order valence-electron chi connectivity index (χ0n) is 10.7. The zero-order chi connectivity index (χ0) is 13.0. The Balaban J connectivity index is 2.56. The van der Waals surface area contributed by atoms with E-state index in [1.54, 1.807) is 6.20 Å². The third kappa shape index (κ3) is 2.35. The third-order valence-corrected chi connectivity index (χ3v) is 3.05. The molecule has 0 aliphatic heterocycles. The highest BCUT2D eigenvalue weighted by molar-refractivity contribution is 5.88. The number of pyridine rings is 1. The molecule has 1 aromatic carbocycles. The van der Waals surface area contributed by atoms with Crippen molar-refractivity contribution in [3.05, 3.63) is 36.0 Å². The maximum absolute atomic E-state index is 10.7. The van der Waals surface area contributed by atoms with Crippen LogP contribution in [0.2, 0.25) is 0 Å². The molecule has 2 rings (SSSR count). The van der Waals surface area contributed by atoms with Gasteiger partial charge < -0.3 is 9.53 Å². The van der Waals surface area contributed by atoms with Gasteiger partial charge in [0.05, 0.1) is 6.61 Å². The summed E-state index contributed by atoms with van der Waals surface area (Å²) in [6.07, 6.45) is 3.25. The molecule has 94 valence electrons. The van der Waals surface area contributed by atoms with Crippen molar-refractivity contribution < 1.29 is 9.53 Å². The van der Waals surface area contributed by atoms with Crippen LogP contribution in [0.5, 0.6) is 5.75 Å². The van der Waals surface area contributed by atoms with Crippen LogP contribution in [0.3, 0.4) is 0 Å². The average molecular weight is 243 g/mol. The first-order valence-corrected chi connectivity index (χ1v) is 6.22. The van der Waals surface area contributed by atoms with E-state index in [0.717, 1.165) is 28.5 Å². The minimum atomic E-state index is 0.199. The van der Waals surface area contributed by atoms with Gasteiger partial charge >= 0.3 is 0 Å². The molecule has 0 saturated carbocycles. The van der Waals surface area contributed by atoms with Crippen molar-refractivity contribution >= 4 is 17.2 Å².